The van der Waals surface area contributed by atoms with Gasteiger partial charge in [-0.1, -0.05) is 89.2 Å². The largest absolute Gasteiger partial charge is 0.778 e. The summed E-state index contributed by atoms with van der Waals surface area (Å²) in [6.45, 7) is 15.8. The van der Waals surface area contributed by atoms with Crippen LogP contribution in [-0.4, -0.2) is 28.2 Å². The van der Waals surface area contributed by atoms with E-state index >= 15 is 0 Å². The van der Waals surface area contributed by atoms with Gasteiger partial charge in [-0.3, -0.25) is 0 Å². The SMILES string of the molecule is CCCCN1/C(=C/C2=C([S-])C(=C/C3=[N+](CCCC)c4ccccc4C3(C)C)/C2=S)C(C)(C)c2ccccc21. The van der Waals surface area contributed by atoms with E-state index < -0.39 is 0 Å². The molecule has 0 fully saturated rings. The summed E-state index contributed by atoms with van der Waals surface area (Å²) in [5.74, 6) is 0. The maximum absolute atomic E-state index is 6.06. The topological polar surface area (TPSA) is 6.25 Å². The van der Waals surface area contributed by atoms with Gasteiger partial charge in [-0.25, -0.2) is 0 Å². The van der Waals surface area contributed by atoms with E-state index in [4.69, 9.17) is 24.8 Å². The van der Waals surface area contributed by atoms with Gasteiger partial charge in [0.1, 0.15) is 6.54 Å². The molecule has 4 heteroatoms. The highest BCUT2D eigenvalue weighted by Gasteiger charge is 2.45. The first-order valence-electron chi connectivity index (χ1n) is 14.2. The number of unbranched alkanes of at least 4 members (excludes halogenated alkanes) is 2. The molecule has 2 aromatic carbocycles. The molecule has 2 aromatic rings. The van der Waals surface area contributed by atoms with Crippen LogP contribution in [0.2, 0.25) is 0 Å². The maximum Gasteiger partial charge on any atom is 0.209 e. The molecule has 0 saturated heterocycles. The fourth-order valence-electron chi connectivity index (χ4n) is 6.29. The first kappa shape index (κ1) is 27.0. The monoisotopic (exact) mass is 540 g/mol. The van der Waals surface area contributed by atoms with Crippen LogP contribution >= 0.6 is 12.2 Å². The molecule has 0 spiro atoms. The van der Waals surface area contributed by atoms with Crippen molar-refractivity contribution in [2.24, 2.45) is 0 Å². The first-order chi connectivity index (χ1) is 18.1. The Morgan fingerprint density at radius 1 is 0.868 bits per heavy atom. The number of benzene rings is 2. The smallest absolute Gasteiger partial charge is 0.209 e. The van der Waals surface area contributed by atoms with Crippen molar-refractivity contribution in [3.63, 3.8) is 0 Å². The normalized spacial score (nSPS) is 21.4. The second kappa shape index (κ2) is 10.2. The van der Waals surface area contributed by atoms with Gasteiger partial charge in [-0.05, 0) is 49.1 Å². The number of para-hydroxylation sites is 2. The molecule has 38 heavy (non-hydrogen) atoms. The maximum atomic E-state index is 6.06. The van der Waals surface area contributed by atoms with Gasteiger partial charge in [0.2, 0.25) is 5.69 Å². The van der Waals surface area contributed by atoms with Crippen LogP contribution < -0.4 is 4.90 Å². The van der Waals surface area contributed by atoms with E-state index in [0.717, 1.165) is 59.7 Å². The minimum absolute atomic E-state index is 0.0944. The summed E-state index contributed by atoms with van der Waals surface area (Å²) in [4.78, 5) is 4.30. The summed E-state index contributed by atoms with van der Waals surface area (Å²) in [7, 11) is 0. The fraction of sp³-hybridized carbons (Fsp3) is 0.412. The molecule has 5 rings (SSSR count). The van der Waals surface area contributed by atoms with Crippen molar-refractivity contribution in [1.82, 2.24) is 0 Å². The van der Waals surface area contributed by atoms with Crippen molar-refractivity contribution in [2.75, 3.05) is 18.0 Å². The van der Waals surface area contributed by atoms with Crippen LogP contribution in [0.4, 0.5) is 11.4 Å². The molecule has 0 unspecified atom stereocenters. The molecular weight excluding hydrogens is 501 g/mol. The third kappa shape index (κ3) is 4.21. The summed E-state index contributed by atoms with van der Waals surface area (Å²) in [5, 5.41) is 0. The van der Waals surface area contributed by atoms with E-state index in [1.807, 2.05) is 0 Å². The van der Waals surface area contributed by atoms with Gasteiger partial charge in [-0.15, -0.1) is 0 Å². The predicted molar refractivity (Wildman–Crippen MR) is 169 cm³/mol. The minimum atomic E-state index is -0.0944. The molecule has 1 aliphatic carbocycles. The van der Waals surface area contributed by atoms with Gasteiger partial charge >= 0.3 is 0 Å². The zero-order valence-corrected chi connectivity index (χ0v) is 25.4. The Balaban J connectivity index is 1.57. The number of hydrogen-bond donors (Lipinski definition) is 0. The van der Waals surface area contributed by atoms with Crippen LogP contribution in [0.3, 0.4) is 0 Å². The van der Waals surface area contributed by atoms with E-state index in [1.54, 1.807) is 0 Å². The number of thiocarbonyl (C=S) groups is 1. The van der Waals surface area contributed by atoms with E-state index in [2.05, 4.69) is 112 Å². The van der Waals surface area contributed by atoms with Gasteiger partial charge in [0.25, 0.3) is 0 Å². The highest BCUT2D eigenvalue weighted by atomic mass is 32.1. The van der Waals surface area contributed by atoms with E-state index in [-0.39, 0.29) is 10.8 Å². The van der Waals surface area contributed by atoms with Crippen LogP contribution in [-0.2, 0) is 23.5 Å². The average molecular weight is 541 g/mol. The standard InChI is InChI=1S/C34H40N2S2/c1-7-9-19-35-27-17-13-11-15-25(27)33(3,4)29(35)21-23-31(37)24(32(23)38)22-30-34(5,6)26-16-12-14-18-28(26)36(30)20-10-8-2/h11-18,21-22H,7-10,19-20H2,1-6H3. The van der Waals surface area contributed by atoms with Crippen LogP contribution in [0.5, 0.6) is 0 Å². The Hall–Kier alpha value is -2.56. The quantitative estimate of drug-likeness (QED) is 0.143. The van der Waals surface area contributed by atoms with Gasteiger partial charge < -0.3 is 17.5 Å². The van der Waals surface area contributed by atoms with E-state index in [9.17, 15) is 0 Å². The molecule has 0 N–H and O–H groups in total. The van der Waals surface area contributed by atoms with Crippen molar-refractivity contribution >= 4 is 46.8 Å². The highest BCUT2D eigenvalue weighted by Crippen LogP contribution is 2.49. The number of anilines is 1. The van der Waals surface area contributed by atoms with Crippen LogP contribution in [0.1, 0.15) is 78.4 Å². The van der Waals surface area contributed by atoms with Crippen molar-refractivity contribution in [2.45, 2.75) is 78.1 Å². The summed E-state index contributed by atoms with van der Waals surface area (Å²) in [6.07, 6.45) is 9.23. The zero-order valence-electron chi connectivity index (χ0n) is 23.7. The average Bonchev–Trinajstić information content (AvgIpc) is 3.26. The molecule has 3 aliphatic rings. The van der Waals surface area contributed by atoms with E-state index in [0.29, 0.717) is 0 Å². The molecule has 0 atom stereocenters. The van der Waals surface area contributed by atoms with Gasteiger partial charge in [0.05, 0.1) is 5.41 Å². The second-order valence-corrected chi connectivity index (χ2v) is 12.7. The lowest BCUT2D eigenvalue weighted by Crippen LogP contribution is -2.31. The van der Waals surface area contributed by atoms with E-state index in [1.165, 1.54) is 33.9 Å². The number of hydrogen-bond acceptors (Lipinski definition) is 3. The summed E-state index contributed by atoms with van der Waals surface area (Å²) in [5.41, 5.74) is 9.90. The molecule has 2 nitrogen and oxygen atoms in total. The highest BCUT2D eigenvalue weighted by molar-refractivity contribution is 7.82. The van der Waals surface area contributed by atoms with Crippen LogP contribution in [0.25, 0.3) is 0 Å². The Kier molecular flexibility index (Phi) is 7.26. The molecule has 0 aromatic heterocycles. The van der Waals surface area contributed by atoms with Crippen molar-refractivity contribution in [1.29, 1.82) is 0 Å². The molecule has 2 aliphatic heterocycles. The molecule has 0 amide bonds. The Morgan fingerprint density at radius 2 is 1.53 bits per heavy atom. The lowest BCUT2D eigenvalue weighted by atomic mass is 9.78. The Bertz CT molecular complexity index is 1420. The van der Waals surface area contributed by atoms with Crippen molar-refractivity contribution in [3.8, 4) is 0 Å². The molecule has 2 heterocycles. The minimum Gasteiger partial charge on any atom is -0.778 e. The summed E-state index contributed by atoms with van der Waals surface area (Å²) in [6, 6.07) is 17.6. The number of allylic oxidation sites excluding steroid dienone is 5. The number of nitrogens with zero attached hydrogens (tertiary/aromatic N) is 2. The van der Waals surface area contributed by atoms with Gasteiger partial charge in [0, 0.05) is 52.3 Å². The molecule has 198 valence electrons. The summed E-state index contributed by atoms with van der Waals surface area (Å²) < 4.78 is 2.50. The van der Waals surface area contributed by atoms with Crippen molar-refractivity contribution in [3.05, 3.63) is 93.6 Å². The van der Waals surface area contributed by atoms with Crippen molar-refractivity contribution < 1.29 is 4.58 Å². The molecule has 0 radical (unpaired) electrons. The zero-order chi connectivity index (χ0) is 27.2. The Labute approximate surface area is 240 Å². The third-order valence-corrected chi connectivity index (χ3v) is 9.49. The summed E-state index contributed by atoms with van der Waals surface area (Å²) >= 11 is 12.1. The first-order valence-corrected chi connectivity index (χ1v) is 15.0. The molecule has 0 bridgehead atoms. The predicted octanol–water partition coefficient (Wildman–Crippen LogP) is 8.46. The van der Waals surface area contributed by atoms with Crippen LogP contribution in [0, 0.1) is 0 Å². The van der Waals surface area contributed by atoms with Gasteiger partial charge in [-0.2, -0.15) is 9.48 Å². The van der Waals surface area contributed by atoms with Crippen LogP contribution in [0.15, 0.2) is 82.4 Å². The number of fused-ring (bicyclic) bond motifs is 2. The number of rotatable bonds is 8. The lowest BCUT2D eigenvalue weighted by molar-refractivity contribution is -0.438. The molecule has 0 saturated carbocycles. The lowest BCUT2D eigenvalue weighted by Gasteiger charge is -2.35. The second-order valence-electron chi connectivity index (χ2n) is 11.8. The fourth-order valence-corrected chi connectivity index (χ4v) is 7.06. The Morgan fingerprint density at radius 3 is 2.21 bits per heavy atom. The van der Waals surface area contributed by atoms with Gasteiger partial charge in [0.15, 0.2) is 5.71 Å². The third-order valence-electron chi connectivity index (χ3n) is 8.61. The molecular formula is C34H40N2S2.